The van der Waals surface area contributed by atoms with Crippen LogP contribution < -0.4 is 21.0 Å². The summed E-state index contributed by atoms with van der Waals surface area (Å²) in [4.78, 5) is 21.9. The van der Waals surface area contributed by atoms with Crippen LogP contribution in [0.15, 0.2) is 43.4 Å². The topological polar surface area (TPSA) is 102 Å². The Morgan fingerprint density at radius 2 is 2.03 bits per heavy atom. The van der Waals surface area contributed by atoms with Crippen molar-refractivity contribution < 1.29 is 10.0 Å². The summed E-state index contributed by atoms with van der Waals surface area (Å²) in [6.45, 7) is 7.08. The number of anilines is 2. The fraction of sp³-hybridized carbons (Fsp3) is 0.350. The summed E-state index contributed by atoms with van der Waals surface area (Å²) in [5.74, 6) is 0.554. The number of hydrogen-bond donors (Lipinski definition) is 4. The normalized spacial score (nSPS) is 14.5. The minimum absolute atomic E-state index is 0.224. The SMILES string of the molecule is C=CNc1ccc(Cl)cc1CNCC1CCN(c2ncc(C(=O)NO)cn2)CC1. The third-order valence-corrected chi connectivity index (χ3v) is 5.21. The Bertz CT molecular complexity index is 837. The Morgan fingerprint density at radius 3 is 2.69 bits per heavy atom. The third-order valence-electron chi connectivity index (χ3n) is 4.97. The van der Waals surface area contributed by atoms with Gasteiger partial charge in [-0.05, 0) is 55.3 Å². The molecule has 0 aliphatic carbocycles. The van der Waals surface area contributed by atoms with Crippen molar-refractivity contribution in [2.24, 2.45) is 5.92 Å². The zero-order valence-electron chi connectivity index (χ0n) is 16.1. The molecule has 3 rings (SSSR count). The summed E-state index contributed by atoms with van der Waals surface area (Å²) in [5, 5.41) is 16.0. The molecule has 0 spiro atoms. The molecule has 1 aromatic heterocycles. The molecular formula is C20H25ClN6O2. The Balaban J connectivity index is 1.46. The Labute approximate surface area is 175 Å². The summed E-state index contributed by atoms with van der Waals surface area (Å²) in [5.41, 5.74) is 3.91. The van der Waals surface area contributed by atoms with Crippen molar-refractivity contribution in [2.75, 3.05) is 29.9 Å². The van der Waals surface area contributed by atoms with Gasteiger partial charge in [0.25, 0.3) is 5.91 Å². The number of nitrogens with one attached hydrogen (secondary N) is 3. The highest BCUT2D eigenvalue weighted by molar-refractivity contribution is 6.30. The average molecular weight is 417 g/mol. The van der Waals surface area contributed by atoms with Gasteiger partial charge in [0, 0.05) is 42.7 Å². The molecule has 1 aromatic carbocycles. The minimum Gasteiger partial charge on any atom is -0.362 e. The van der Waals surface area contributed by atoms with Crippen LogP contribution in [0.2, 0.25) is 5.02 Å². The molecule has 0 unspecified atom stereocenters. The number of rotatable bonds is 8. The summed E-state index contributed by atoms with van der Waals surface area (Å²) in [6, 6.07) is 5.77. The van der Waals surface area contributed by atoms with Gasteiger partial charge in [0.05, 0.1) is 5.56 Å². The van der Waals surface area contributed by atoms with Crippen LogP contribution in [0.25, 0.3) is 0 Å². The van der Waals surface area contributed by atoms with Crippen LogP contribution in [-0.2, 0) is 6.54 Å². The first-order chi connectivity index (χ1) is 14.1. The predicted molar refractivity (Wildman–Crippen MR) is 113 cm³/mol. The van der Waals surface area contributed by atoms with Crippen LogP contribution in [0.3, 0.4) is 0 Å². The fourth-order valence-electron chi connectivity index (χ4n) is 3.37. The lowest BCUT2D eigenvalue weighted by molar-refractivity contribution is 0.0705. The lowest BCUT2D eigenvalue weighted by atomic mass is 9.97. The maximum atomic E-state index is 11.3. The molecule has 4 N–H and O–H groups in total. The molecule has 1 amide bonds. The molecule has 0 bridgehead atoms. The van der Waals surface area contributed by atoms with Crippen LogP contribution in [0.5, 0.6) is 0 Å². The molecule has 1 fully saturated rings. The largest absolute Gasteiger partial charge is 0.362 e. The van der Waals surface area contributed by atoms with Crippen LogP contribution in [0, 0.1) is 5.92 Å². The van der Waals surface area contributed by atoms with E-state index in [4.69, 9.17) is 16.8 Å². The van der Waals surface area contributed by atoms with E-state index in [0.29, 0.717) is 16.9 Å². The van der Waals surface area contributed by atoms with E-state index >= 15 is 0 Å². The summed E-state index contributed by atoms with van der Waals surface area (Å²) >= 11 is 6.12. The van der Waals surface area contributed by atoms with Crippen molar-refractivity contribution in [2.45, 2.75) is 19.4 Å². The molecule has 0 atom stereocenters. The van der Waals surface area contributed by atoms with E-state index in [0.717, 1.165) is 50.3 Å². The molecule has 154 valence electrons. The van der Waals surface area contributed by atoms with E-state index in [9.17, 15) is 4.79 Å². The monoisotopic (exact) mass is 416 g/mol. The van der Waals surface area contributed by atoms with Gasteiger partial charge < -0.3 is 15.5 Å². The number of carbonyl (C=O) groups excluding carboxylic acids is 1. The van der Waals surface area contributed by atoms with Crippen molar-refractivity contribution in [3.63, 3.8) is 0 Å². The van der Waals surface area contributed by atoms with Crippen molar-refractivity contribution in [1.82, 2.24) is 20.8 Å². The first-order valence-corrected chi connectivity index (χ1v) is 9.86. The number of nitrogens with zero attached hydrogens (tertiary/aromatic N) is 3. The molecule has 29 heavy (non-hydrogen) atoms. The highest BCUT2D eigenvalue weighted by Gasteiger charge is 2.21. The van der Waals surface area contributed by atoms with Crippen molar-refractivity contribution in [3.05, 3.63) is 59.5 Å². The van der Waals surface area contributed by atoms with E-state index in [2.05, 4.69) is 32.1 Å². The fourth-order valence-corrected chi connectivity index (χ4v) is 3.57. The third kappa shape index (κ3) is 5.66. The van der Waals surface area contributed by atoms with Gasteiger partial charge in [0.1, 0.15) is 0 Å². The summed E-state index contributed by atoms with van der Waals surface area (Å²) in [7, 11) is 0. The number of hydrogen-bond acceptors (Lipinski definition) is 7. The van der Waals surface area contributed by atoms with Crippen LogP contribution >= 0.6 is 11.6 Å². The highest BCUT2D eigenvalue weighted by atomic mass is 35.5. The van der Waals surface area contributed by atoms with Crippen LogP contribution in [-0.4, -0.2) is 40.7 Å². The zero-order valence-corrected chi connectivity index (χ0v) is 16.8. The lowest BCUT2D eigenvalue weighted by Crippen LogP contribution is -2.38. The van der Waals surface area contributed by atoms with Gasteiger partial charge >= 0.3 is 0 Å². The number of benzene rings is 1. The van der Waals surface area contributed by atoms with E-state index in [1.807, 2.05) is 18.2 Å². The molecule has 0 saturated carbocycles. The van der Waals surface area contributed by atoms with Gasteiger partial charge in [0.15, 0.2) is 0 Å². The van der Waals surface area contributed by atoms with E-state index in [1.165, 1.54) is 12.4 Å². The molecular weight excluding hydrogens is 392 g/mol. The van der Waals surface area contributed by atoms with Crippen molar-refractivity contribution in [3.8, 4) is 0 Å². The van der Waals surface area contributed by atoms with E-state index in [-0.39, 0.29) is 5.56 Å². The number of halogens is 1. The van der Waals surface area contributed by atoms with Crippen LogP contribution in [0.1, 0.15) is 28.8 Å². The van der Waals surface area contributed by atoms with Gasteiger partial charge in [-0.25, -0.2) is 15.4 Å². The van der Waals surface area contributed by atoms with Gasteiger partial charge in [0.2, 0.25) is 5.95 Å². The number of carbonyl (C=O) groups is 1. The second-order valence-electron chi connectivity index (χ2n) is 6.92. The minimum atomic E-state index is -0.618. The molecule has 9 heteroatoms. The average Bonchev–Trinajstić information content (AvgIpc) is 2.76. The second-order valence-corrected chi connectivity index (χ2v) is 7.36. The first-order valence-electron chi connectivity index (χ1n) is 9.48. The van der Waals surface area contributed by atoms with E-state index in [1.54, 1.807) is 11.7 Å². The first kappa shape index (κ1) is 21.0. The molecule has 1 aliphatic heterocycles. The molecule has 1 saturated heterocycles. The smallest absolute Gasteiger partial charge is 0.277 e. The molecule has 0 radical (unpaired) electrons. The molecule has 2 aromatic rings. The second kappa shape index (κ2) is 10.2. The number of piperidine rings is 1. The van der Waals surface area contributed by atoms with Gasteiger partial charge in [-0.15, -0.1) is 0 Å². The van der Waals surface area contributed by atoms with E-state index < -0.39 is 5.91 Å². The zero-order chi connectivity index (χ0) is 20.6. The standard InChI is InChI=1S/C20H25ClN6O2/c1-2-23-18-4-3-17(21)9-15(18)11-22-10-14-5-7-27(8-6-14)20-24-12-16(13-25-20)19(28)26-29/h2-4,9,12-14,22-23,29H,1,5-8,10-11H2,(H,26,28). The van der Waals surface area contributed by atoms with Crippen molar-refractivity contribution in [1.29, 1.82) is 0 Å². The van der Waals surface area contributed by atoms with Crippen LogP contribution in [0.4, 0.5) is 11.6 Å². The van der Waals surface area contributed by atoms with Gasteiger partial charge in [-0.1, -0.05) is 18.2 Å². The van der Waals surface area contributed by atoms with Gasteiger partial charge in [-0.2, -0.15) is 0 Å². The Kier molecular flexibility index (Phi) is 7.40. The number of hydroxylamine groups is 1. The maximum Gasteiger partial charge on any atom is 0.277 e. The maximum absolute atomic E-state index is 11.3. The Morgan fingerprint density at radius 1 is 1.31 bits per heavy atom. The number of amides is 1. The predicted octanol–water partition coefficient (Wildman–Crippen LogP) is 2.81. The quantitative estimate of drug-likeness (QED) is 0.387. The number of aromatic nitrogens is 2. The molecule has 8 nitrogen and oxygen atoms in total. The Hall–Kier alpha value is -2.68. The molecule has 2 heterocycles. The van der Waals surface area contributed by atoms with Gasteiger partial charge in [-0.3, -0.25) is 10.0 Å². The summed E-state index contributed by atoms with van der Waals surface area (Å²) in [6.07, 6.45) is 6.56. The molecule has 1 aliphatic rings. The highest BCUT2D eigenvalue weighted by Crippen LogP contribution is 2.22. The van der Waals surface area contributed by atoms with Crippen molar-refractivity contribution >= 4 is 29.1 Å². The summed E-state index contributed by atoms with van der Waals surface area (Å²) < 4.78 is 0. The lowest BCUT2D eigenvalue weighted by Gasteiger charge is -2.32.